The number of anilines is 2. The fourth-order valence-corrected chi connectivity index (χ4v) is 9.75. The van der Waals surface area contributed by atoms with Gasteiger partial charge in [-0.15, -0.1) is 15.0 Å². The van der Waals surface area contributed by atoms with E-state index in [0.717, 1.165) is 71.6 Å². The van der Waals surface area contributed by atoms with E-state index in [1.54, 1.807) is 18.6 Å². The molecule has 1 saturated carbocycles. The summed E-state index contributed by atoms with van der Waals surface area (Å²) < 4.78 is 8.04. The van der Waals surface area contributed by atoms with Gasteiger partial charge in [0, 0.05) is 24.3 Å². The summed E-state index contributed by atoms with van der Waals surface area (Å²) in [4.78, 5) is 23.1. The summed E-state index contributed by atoms with van der Waals surface area (Å²) in [6.07, 6.45) is 8.93. The number of carbonyl (C=O) groups is 1. The number of rotatable bonds is 14. The van der Waals surface area contributed by atoms with Crippen LogP contribution in [0.4, 0.5) is 11.4 Å². The van der Waals surface area contributed by atoms with Crippen LogP contribution in [0.25, 0.3) is 0 Å². The van der Waals surface area contributed by atoms with Gasteiger partial charge >= 0.3 is 5.97 Å². The molecule has 0 spiro atoms. The molecule has 3 heterocycles. The van der Waals surface area contributed by atoms with E-state index >= 15 is 0 Å². The van der Waals surface area contributed by atoms with Gasteiger partial charge in [-0.1, -0.05) is 148 Å². The molecule has 1 aliphatic heterocycles. The Morgan fingerprint density at radius 3 is 1.98 bits per heavy atom. The van der Waals surface area contributed by atoms with Crippen LogP contribution in [0, 0.1) is 5.92 Å². The molecule has 0 bridgehead atoms. The van der Waals surface area contributed by atoms with Crippen molar-refractivity contribution in [1.29, 1.82) is 0 Å². The number of imidazole rings is 1. The highest BCUT2D eigenvalue weighted by Crippen LogP contribution is 2.41. The number of aromatic nitrogens is 6. The molecular weight excluding hydrogens is 783 g/mol. The molecule has 1 aliphatic carbocycles. The molecule has 7 aromatic rings. The van der Waals surface area contributed by atoms with Crippen LogP contribution in [-0.4, -0.2) is 47.4 Å². The molecule has 9 rings (SSSR count). The summed E-state index contributed by atoms with van der Waals surface area (Å²) in [6, 6.07) is 46.4. The lowest BCUT2D eigenvalue weighted by atomic mass is 9.77. The van der Waals surface area contributed by atoms with E-state index in [-0.39, 0.29) is 0 Å². The maximum absolute atomic E-state index is 14.1. The van der Waals surface area contributed by atoms with Crippen molar-refractivity contribution in [2.24, 2.45) is 5.92 Å². The van der Waals surface area contributed by atoms with E-state index in [1.807, 2.05) is 22.8 Å². The molecule has 0 radical (unpaired) electrons. The molecule has 10 nitrogen and oxygen atoms in total. The monoisotopic (exact) mass is 839 g/mol. The Kier molecular flexibility index (Phi) is 12.1. The molecule has 10 heteroatoms. The van der Waals surface area contributed by atoms with Gasteiger partial charge in [0.05, 0.1) is 13.2 Å². The van der Waals surface area contributed by atoms with Crippen LogP contribution in [0.5, 0.6) is 0 Å². The lowest BCUT2D eigenvalue weighted by molar-refractivity contribution is 0.0366. The van der Waals surface area contributed by atoms with Crippen molar-refractivity contribution in [2.45, 2.75) is 103 Å². The minimum atomic E-state index is -1.33. The summed E-state index contributed by atoms with van der Waals surface area (Å²) in [6.45, 7) is 6.70. The number of carbonyl (C=O) groups excluding carboxylic acids is 1. The zero-order chi connectivity index (χ0) is 43.4. The van der Waals surface area contributed by atoms with Crippen molar-refractivity contribution < 1.29 is 14.6 Å². The number of esters is 1. The Hall–Kier alpha value is -6.39. The minimum Gasteiger partial charge on any atom is -0.461 e. The first-order chi connectivity index (χ1) is 30.7. The quantitative estimate of drug-likeness (QED) is 0.0852. The van der Waals surface area contributed by atoms with Gasteiger partial charge in [-0.05, 0) is 103 Å². The van der Waals surface area contributed by atoms with Crippen molar-refractivity contribution in [3.63, 3.8) is 0 Å². The highest BCUT2D eigenvalue weighted by Gasteiger charge is 2.41. The number of aryl methyl sites for hydroxylation is 3. The molecule has 0 saturated heterocycles. The molecule has 0 unspecified atom stereocenters. The van der Waals surface area contributed by atoms with E-state index in [0.29, 0.717) is 49.2 Å². The highest BCUT2D eigenvalue weighted by atomic mass is 16.5. The largest absolute Gasteiger partial charge is 0.461 e. The maximum atomic E-state index is 14.1. The predicted molar refractivity (Wildman–Crippen MR) is 246 cm³/mol. The summed E-state index contributed by atoms with van der Waals surface area (Å²) >= 11 is 0. The van der Waals surface area contributed by atoms with Gasteiger partial charge in [-0.25, -0.2) is 9.78 Å². The average Bonchev–Trinajstić information content (AvgIpc) is 3.90. The topological polar surface area (TPSA) is 111 Å². The lowest BCUT2D eigenvalue weighted by Gasteiger charge is -2.34. The second-order valence-electron chi connectivity index (χ2n) is 17.7. The molecule has 0 atom stereocenters. The molecular formula is C53H57N7O3. The fraction of sp³-hybridized carbons (Fsp3) is 0.340. The molecule has 2 aromatic heterocycles. The second kappa shape index (κ2) is 18.1. The molecule has 1 fully saturated rings. The van der Waals surface area contributed by atoms with E-state index in [2.05, 4.69) is 127 Å². The van der Waals surface area contributed by atoms with Crippen LogP contribution in [0.1, 0.15) is 121 Å². The Morgan fingerprint density at radius 1 is 0.746 bits per heavy atom. The Morgan fingerprint density at radius 2 is 1.35 bits per heavy atom. The number of ether oxygens (including phenoxy) is 1. The third-order valence-electron chi connectivity index (χ3n) is 12.8. The zero-order valence-electron chi connectivity index (χ0n) is 36.7. The van der Waals surface area contributed by atoms with Crippen molar-refractivity contribution in [3.05, 3.63) is 190 Å². The van der Waals surface area contributed by atoms with E-state index < -0.39 is 17.1 Å². The first-order valence-electron chi connectivity index (χ1n) is 22.7. The van der Waals surface area contributed by atoms with Crippen LogP contribution in [0.15, 0.2) is 133 Å². The maximum Gasteiger partial charge on any atom is 0.357 e. The van der Waals surface area contributed by atoms with Crippen LogP contribution < -0.4 is 4.90 Å². The summed E-state index contributed by atoms with van der Waals surface area (Å²) in [5, 5.41) is 26.3. The zero-order valence-corrected chi connectivity index (χ0v) is 36.7. The van der Waals surface area contributed by atoms with Gasteiger partial charge in [0.1, 0.15) is 17.1 Å². The minimum absolute atomic E-state index is 0.345. The number of aliphatic hydroxyl groups is 1. The normalized spacial score (nSPS) is 14.5. The van der Waals surface area contributed by atoms with Crippen molar-refractivity contribution >= 4 is 17.3 Å². The van der Waals surface area contributed by atoms with Crippen LogP contribution in [0.2, 0.25) is 0 Å². The number of hydrogen-bond acceptors (Lipinski definition) is 8. The standard InChI is InChI=1S/C53H57N7O3/c1-4-19-48-54-50(52(2,3)62)49(51(61)63-37-38-20-9-5-10-21-38)59(48)35-39-30-33-46-41(34-39)32-31-40-22-17-18-29-45(40)58(46)36-47-55-57-60(56-47)53(42-23-11-6-12-24-42,43-25-13-7-14-26-43)44-27-15-8-16-28-44/h6-8,11-18,22-30,33-34,38,62H,4-5,9-10,19-21,31-32,35-37H2,1-3H3. The Labute approximate surface area is 370 Å². The fourth-order valence-electron chi connectivity index (χ4n) is 9.75. The Balaban J connectivity index is 1.08. The molecule has 322 valence electrons. The van der Waals surface area contributed by atoms with E-state index in [4.69, 9.17) is 25.1 Å². The number of tetrazole rings is 1. The smallest absolute Gasteiger partial charge is 0.357 e. The predicted octanol–water partition coefficient (Wildman–Crippen LogP) is 10.1. The first kappa shape index (κ1) is 41.9. The van der Waals surface area contributed by atoms with Gasteiger partial charge < -0.3 is 19.3 Å². The number of hydrogen-bond donors (Lipinski definition) is 1. The second-order valence-corrected chi connectivity index (χ2v) is 17.7. The highest BCUT2D eigenvalue weighted by molar-refractivity contribution is 5.89. The van der Waals surface area contributed by atoms with E-state index in [1.165, 1.54) is 30.4 Å². The summed E-state index contributed by atoms with van der Waals surface area (Å²) in [7, 11) is 0. The SMILES string of the molecule is CCCc1nc(C(C)(C)O)c(C(=O)OCC2CCCCC2)n1Cc1ccc2c(c1)CCc1ccccc1N2Cc1nnn(C(c2ccccc2)(c2ccccc2)c2ccccc2)n1. The van der Waals surface area contributed by atoms with Crippen LogP contribution >= 0.6 is 0 Å². The van der Waals surface area contributed by atoms with Gasteiger partial charge in [0.25, 0.3) is 0 Å². The third kappa shape index (κ3) is 8.44. The van der Waals surface area contributed by atoms with Gasteiger partial charge in [0.2, 0.25) is 0 Å². The van der Waals surface area contributed by atoms with E-state index in [9.17, 15) is 9.90 Å². The third-order valence-corrected chi connectivity index (χ3v) is 12.8. The number of para-hydroxylation sites is 1. The van der Waals surface area contributed by atoms with Crippen molar-refractivity contribution in [1.82, 2.24) is 29.8 Å². The molecule has 0 amide bonds. The van der Waals surface area contributed by atoms with Crippen molar-refractivity contribution in [2.75, 3.05) is 11.5 Å². The number of nitrogens with zero attached hydrogens (tertiary/aromatic N) is 7. The lowest BCUT2D eigenvalue weighted by Crippen LogP contribution is -2.39. The first-order valence-corrected chi connectivity index (χ1v) is 22.7. The molecule has 63 heavy (non-hydrogen) atoms. The molecule has 5 aromatic carbocycles. The summed E-state index contributed by atoms with van der Waals surface area (Å²) in [5.41, 5.74) is 7.24. The summed E-state index contributed by atoms with van der Waals surface area (Å²) in [5.74, 6) is 1.32. The van der Waals surface area contributed by atoms with Gasteiger partial charge in [0.15, 0.2) is 17.1 Å². The number of fused-ring (bicyclic) bond motifs is 2. The Bertz CT molecular complexity index is 2550. The van der Waals surface area contributed by atoms with Crippen LogP contribution in [-0.2, 0) is 48.2 Å². The van der Waals surface area contributed by atoms with Crippen molar-refractivity contribution in [3.8, 4) is 0 Å². The van der Waals surface area contributed by atoms with Gasteiger partial charge in [-0.2, -0.15) is 0 Å². The van der Waals surface area contributed by atoms with Gasteiger partial charge in [-0.3, -0.25) is 0 Å². The molecule has 1 N–H and O–H groups in total. The van der Waals surface area contributed by atoms with Crippen LogP contribution in [0.3, 0.4) is 0 Å². The molecule has 2 aliphatic rings. The number of benzene rings is 5. The average molecular weight is 840 g/mol.